The molecule has 5 heteroatoms. The lowest BCUT2D eigenvalue weighted by molar-refractivity contribution is 0.223. The van der Waals surface area contributed by atoms with Crippen molar-refractivity contribution < 1.29 is 4.74 Å². The molecular formula is C18H30N4O. The number of ether oxygens (including phenoxy) is 1. The van der Waals surface area contributed by atoms with E-state index in [1.807, 2.05) is 30.3 Å². The van der Waals surface area contributed by atoms with Crippen molar-refractivity contribution in [2.45, 2.75) is 32.3 Å². The molecule has 0 aromatic heterocycles. The van der Waals surface area contributed by atoms with E-state index in [2.05, 4.69) is 27.4 Å². The van der Waals surface area contributed by atoms with Crippen molar-refractivity contribution in [1.82, 2.24) is 15.5 Å². The maximum absolute atomic E-state index is 5.86. The predicted molar refractivity (Wildman–Crippen MR) is 96.2 cm³/mol. The molecule has 1 atom stereocenters. The number of hydrogen-bond acceptors (Lipinski definition) is 3. The van der Waals surface area contributed by atoms with Gasteiger partial charge in [-0.2, -0.15) is 0 Å². The van der Waals surface area contributed by atoms with Gasteiger partial charge in [0.1, 0.15) is 11.9 Å². The molecule has 0 radical (unpaired) electrons. The number of hydrogen-bond donors (Lipinski definition) is 2. The van der Waals surface area contributed by atoms with Crippen LogP contribution in [0.3, 0.4) is 0 Å². The Morgan fingerprint density at radius 2 is 1.91 bits per heavy atom. The zero-order valence-corrected chi connectivity index (χ0v) is 14.4. The van der Waals surface area contributed by atoms with Gasteiger partial charge in [-0.3, -0.25) is 4.99 Å². The van der Waals surface area contributed by atoms with Crippen LogP contribution in [0.4, 0.5) is 0 Å². The molecule has 2 rings (SSSR count). The van der Waals surface area contributed by atoms with Crippen LogP contribution in [0.2, 0.25) is 0 Å². The molecule has 128 valence electrons. The molecule has 1 aliphatic rings. The largest absolute Gasteiger partial charge is 0.489 e. The van der Waals surface area contributed by atoms with Crippen LogP contribution in [0.15, 0.2) is 35.3 Å². The summed E-state index contributed by atoms with van der Waals surface area (Å²) in [5.41, 5.74) is 0. The maximum atomic E-state index is 5.86. The van der Waals surface area contributed by atoms with Gasteiger partial charge in [0.15, 0.2) is 5.96 Å². The summed E-state index contributed by atoms with van der Waals surface area (Å²) < 4.78 is 5.86. The first-order valence-electron chi connectivity index (χ1n) is 8.66. The number of rotatable bonds is 7. The van der Waals surface area contributed by atoms with Gasteiger partial charge in [-0.1, -0.05) is 24.6 Å². The summed E-state index contributed by atoms with van der Waals surface area (Å²) in [4.78, 5) is 6.79. The Balaban J connectivity index is 1.62. The number of likely N-dealkylation sites (tertiary alicyclic amines) is 1. The van der Waals surface area contributed by atoms with E-state index in [0.29, 0.717) is 0 Å². The highest BCUT2D eigenvalue weighted by Gasteiger charge is 2.10. The highest BCUT2D eigenvalue weighted by atomic mass is 16.5. The number of benzene rings is 1. The maximum Gasteiger partial charge on any atom is 0.191 e. The average Bonchev–Trinajstić information content (AvgIpc) is 2.59. The second kappa shape index (κ2) is 10.1. The van der Waals surface area contributed by atoms with Crippen LogP contribution in [0.25, 0.3) is 0 Å². The van der Waals surface area contributed by atoms with Crippen molar-refractivity contribution >= 4 is 5.96 Å². The van der Waals surface area contributed by atoms with Crippen LogP contribution < -0.4 is 15.4 Å². The van der Waals surface area contributed by atoms with Gasteiger partial charge < -0.3 is 20.3 Å². The lowest BCUT2D eigenvalue weighted by atomic mass is 10.1. The number of guanidine groups is 1. The van der Waals surface area contributed by atoms with Gasteiger partial charge in [0.05, 0.1) is 6.54 Å². The monoisotopic (exact) mass is 318 g/mol. The molecule has 0 amide bonds. The van der Waals surface area contributed by atoms with Crippen LogP contribution in [-0.2, 0) is 0 Å². The van der Waals surface area contributed by atoms with Gasteiger partial charge in [-0.05, 0) is 45.0 Å². The van der Waals surface area contributed by atoms with Gasteiger partial charge in [-0.15, -0.1) is 0 Å². The summed E-state index contributed by atoms with van der Waals surface area (Å²) in [5.74, 6) is 1.74. The Bertz CT molecular complexity index is 457. The molecule has 1 aromatic carbocycles. The zero-order valence-electron chi connectivity index (χ0n) is 14.4. The van der Waals surface area contributed by atoms with E-state index >= 15 is 0 Å². The van der Waals surface area contributed by atoms with E-state index in [-0.39, 0.29) is 6.10 Å². The van der Waals surface area contributed by atoms with Crippen LogP contribution in [0.1, 0.15) is 26.2 Å². The van der Waals surface area contributed by atoms with Crippen LogP contribution >= 0.6 is 0 Å². The van der Waals surface area contributed by atoms with Crippen molar-refractivity contribution in [3.8, 4) is 5.75 Å². The first kappa shape index (κ1) is 17.6. The standard InChI is InChI=1S/C18H30N4O/c1-16(23-17-9-5-3-6-10-17)15-21-18(19-2)20-11-14-22-12-7-4-8-13-22/h3,5-6,9-10,16H,4,7-8,11-15H2,1-2H3,(H2,19,20,21). The van der Waals surface area contributed by atoms with Crippen molar-refractivity contribution in [3.63, 3.8) is 0 Å². The van der Waals surface area contributed by atoms with Crippen LogP contribution in [0, 0.1) is 0 Å². The third-order valence-corrected chi connectivity index (χ3v) is 4.03. The highest BCUT2D eigenvalue weighted by molar-refractivity contribution is 5.79. The summed E-state index contributed by atoms with van der Waals surface area (Å²) in [6, 6.07) is 9.90. The van der Waals surface area contributed by atoms with Crippen molar-refractivity contribution in [3.05, 3.63) is 30.3 Å². The number of para-hydroxylation sites is 1. The van der Waals surface area contributed by atoms with E-state index < -0.39 is 0 Å². The first-order chi connectivity index (χ1) is 11.3. The van der Waals surface area contributed by atoms with Crippen molar-refractivity contribution in [1.29, 1.82) is 0 Å². The van der Waals surface area contributed by atoms with Gasteiger partial charge in [-0.25, -0.2) is 0 Å². The molecule has 0 spiro atoms. The van der Waals surface area contributed by atoms with E-state index in [0.717, 1.165) is 31.3 Å². The minimum atomic E-state index is 0.0815. The summed E-state index contributed by atoms with van der Waals surface area (Å²) in [6.07, 6.45) is 4.13. The lowest BCUT2D eigenvalue weighted by Gasteiger charge is -2.26. The minimum absolute atomic E-state index is 0.0815. The highest BCUT2D eigenvalue weighted by Crippen LogP contribution is 2.10. The topological polar surface area (TPSA) is 48.9 Å². The smallest absolute Gasteiger partial charge is 0.191 e. The molecule has 1 aliphatic heterocycles. The Morgan fingerprint density at radius 1 is 1.17 bits per heavy atom. The molecule has 1 aromatic rings. The molecule has 0 aliphatic carbocycles. The Morgan fingerprint density at radius 3 is 2.61 bits per heavy atom. The molecule has 0 bridgehead atoms. The SMILES string of the molecule is CN=C(NCCN1CCCCC1)NCC(C)Oc1ccccc1. The number of nitrogens with one attached hydrogen (secondary N) is 2. The second-order valence-corrected chi connectivity index (χ2v) is 6.02. The summed E-state index contributed by atoms with van der Waals surface area (Å²) >= 11 is 0. The van der Waals surface area contributed by atoms with E-state index in [9.17, 15) is 0 Å². The van der Waals surface area contributed by atoms with Crippen LogP contribution in [-0.4, -0.2) is 56.7 Å². The molecule has 1 heterocycles. The molecule has 1 unspecified atom stereocenters. The van der Waals surface area contributed by atoms with Crippen LogP contribution in [0.5, 0.6) is 5.75 Å². The van der Waals surface area contributed by atoms with Gasteiger partial charge in [0, 0.05) is 20.1 Å². The Kier molecular flexibility index (Phi) is 7.73. The summed E-state index contributed by atoms with van der Waals surface area (Å²) in [7, 11) is 1.80. The molecular weight excluding hydrogens is 288 g/mol. The predicted octanol–water partition coefficient (Wildman–Crippen LogP) is 2.10. The molecule has 1 saturated heterocycles. The van der Waals surface area contributed by atoms with Crippen molar-refractivity contribution in [2.75, 3.05) is 39.8 Å². The number of aliphatic imine (C=N–C) groups is 1. The van der Waals surface area contributed by atoms with E-state index in [1.165, 1.54) is 32.4 Å². The quantitative estimate of drug-likeness (QED) is 0.597. The number of nitrogens with zero attached hydrogens (tertiary/aromatic N) is 2. The molecule has 1 fully saturated rings. The average molecular weight is 318 g/mol. The fourth-order valence-corrected chi connectivity index (χ4v) is 2.75. The Labute approximate surface area is 140 Å². The summed E-state index contributed by atoms with van der Waals surface area (Å²) in [5, 5.41) is 6.70. The molecule has 5 nitrogen and oxygen atoms in total. The molecule has 23 heavy (non-hydrogen) atoms. The molecule has 2 N–H and O–H groups in total. The van der Waals surface area contributed by atoms with Gasteiger partial charge in [0.2, 0.25) is 0 Å². The normalized spacial score (nSPS) is 17.6. The fourth-order valence-electron chi connectivity index (χ4n) is 2.75. The van der Waals surface area contributed by atoms with E-state index in [4.69, 9.17) is 4.74 Å². The minimum Gasteiger partial charge on any atom is -0.489 e. The first-order valence-corrected chi connectivity index (χ1v) is 8.66. The summed E-state index contributed by atoms with van der Waals surface area (Å²) in [6.45, 7) is 7.25. The third kappa shape index (κ3) is 6.91. The zero-order chi connectivity index (χ0) is 16.3. The third-order valence-electron chi connectivity index (χ3n) is 4.03. The molecule has 0 saturated carbocycles. The van der Waals surface area contributed by atoms with Gasteiger partial charge >= 0.3 is 0 Å². The van der Waals surface area contributed by atoms with E-state index in [1.54, 1.807) is 7.05 Å². The Hall–Kier alpha value is -1.75. The number of piperidine rings is 1. The van der Waals surface area contributed by atoms with Crippen molar-refractivity contribution in [2.24, 2.45) is 4.99 Å². The fraction of sp³-hybridized carbons (Fsp3) is 0.611. The lowest BCUT2D eigenvalue weighted by Crippen LogP contribution is -2.45. The second-order valence-electron chi connectivity index (χ2n) is 6.02. The van der Waals surface area contributed by atoms with Gasteiger partial charge in [0.25, 0.3) is 0 Å².